The summed E-state index contributed by atoms with van der Waals surface area (Å²) >= 11 is 0. The van der Waals surface area contributed by atoms with Crippen molar-refractivity contribution in [2.45, 2.75) is 12.8 Å². The molecule has 0 saturated carbocycles. The number of carboxylic acid groups (broad SMARTS) is 1. The van der Waals surface area contributed by atoms with Crippen molar-refractivity contribution in [1.29, 1.82) is 0 Å². The first-order valence-corrected chi connectivity index (χ1v) is 9.97. The summed E-state index contributed by atoms with van der Waals surface area (Å²) in [5, 5.41) is 22.9. The van der Waals surface area contributed by atoms with Crippen molar-refractivity contribution < 1.29 is 28.6 Å². The SMILES string of the molecule is O=C(Cc1ccc(F)cc1)Nc1cc(C(=O)O)c(O)c2ncc(Cc3ccc(F)cc3)cc12. The van der Waals surface area contributed by atoms with E-state index in [-0.39, 0.29) is 23.4 Å². The van der Waals surface area contributed by atoms with Crippen LogP contribution in [0.5, 0.6) is 5.75 Å². The zero-order valence-corrected chi connectivity index (χ0v) is 17.2. The minimum absolute atomic E-state index is 0.0230. The van der Waals surface area contributed by atoms with E-state index >= 15 is 0 Å². The molecular formula is C25H18F2N2O4. The van der Waals surface area contributed by atoms with E-state index in [0.717, 1.165) is 5.56 Å². The number of phenols is 1. The number of carbonyl (C=O) groups excluding carboxylic acids is 1. The van der Waals surface area contributed by atoms with E-state index in [1.165, 1.54) is 48.7 Å². The van der Waals surface area contributed by atoms with Crippen molar-refractivity contribution in [3.8, 4) is 5.75 Å². The number of carboxylic acids is 1. The van der Waals surface area contributed by atoms with Crippen molar-refractivity contribution in [2.24, 2.45) is 0 Å². The van der Waals surface area contributed by atoms with Crippen molar-refractivity contribution in [3.05, 3.63) is 101 Å². The number of pyridine rings is 1. The second kappa shape index (κ2) is 9.04. The van der Waals surface area contributed by atoms with Crippen molar-refractivity contribution >= 4 is 28.5 Å². The van der Waals surface area contributed by atoms with Crippen LogP contribution in [-0.2, 0) is 17.6 Å². The van der Waals surface area contributed by atoms with Crippen LogP contribution in [0.4, 0.5) is 14.5 Å². The summed E-state index contributed by atoms with van der Waals surface area (Å²) in [6, 6.07) is 14.3. The molecule has 0 aliphatic rings. The quantitative estimate of drug-likeness (QED) is 0.372. The molecular weight excluding hydrogens is 430 g/mol. The van der Waals surface area contributed by atoms with Gasteiger partial charge in [-0.25, -0.2) is 13.6 Å². The van der Waals surface area contributed by atoms with Gasteiger partial charge in [-0.2, -0.15) is 0 Å². The molecule has 33 heavy (non-hydrogen) atoms. The number of fused-ring (bicyclic) bond motifs is 1. The van der Waals surface area contributed by atoms with Gasteiger partial charge in [0.05, 0.1) is 12.1 Å². The number of hydrogen-bond donors (Lipinski definition) is 3. The number of rotatable bonds is 6. The fraction of sp³-hybridized carbons (Fsp3) is 0.0800. The molecule has 0 bridgehead atoms. The Morgan fingerprint density at radius 2 is 1.48 bits per heavy atom. The maximum atomic E-state index is 13.2. The lowest BCUT2D eigenvalue weighted by atomic mass is 10.0. The van der Waals surface area contributed by atoms with E-state index in [0.29, 0.717) is 22.9 Å². The maximum Gasteiger partial charge on any atom is 0.339 e. The first-order valence-electron chi connectivity index (χ1n) is 9.97. The molecule has 1 aromatic heterocycles. The number of aromatic carboxylic acids is 1. The number of amides is 1. The predicted octanol–water partition coefficient (Wildman–Crippen LogP) is 4.69. The monoisotopic (exact) mass is 448 g/mol. The van der Waals surface area contributed by atoms with Gasteiger partial charge in [0.15, 0.2) is 5.75 Å². The third kappa shape index (κ3) is 4.95. The highest BCUT2D eigenvalue weighted by Gasteiger charge is 2.19. The highest BCUT2D eigenvalue weighted by molar-refractivity contribution is 6.08. The number of nitrogens with one attached hydrogen (secondary N) is 1. The van der Waals surface area contributed by atoms with Gasteiger partial charge in [0.25, 0.3) is 0 Å². The van der Waals surface area contributed by atoms with E-state index in [1.54, 1.807) is 18.2 Å². The fourth-order valence-corrected chi connectivity index (χ4v) is 3.50. The van der Waals surface area contributed by atoms with Crippen LogP contribution in [0.2, 0.25) is 0 Å². The van der Waals surface area contributed by atoms with Crippen LogP contribution in [-0.4, -0.2) is 27.1 Å². The summed E-state index contributed by atoms with van der Waals surface area (Å²) in [5.41, 5.74) is 1.90. The summed E-state index contributed by atoms with van der Waals surface area (Å²) < 4.78 is 26.3. The average Bonchev–Trinajstić information content (AvgIpc) is 2.78. The minimum Gasteiger partial charge on any atom is -0.505 e. The zero-order valence-electron chi connectivity index (χ0n) is 17.2. The van der Waals surface area contributed by atoms with Crippen molar-refractivity contribution in [1.82, 2.24) is 4.98 Å². The lowest BCUT2D eigenvalue weighted by Crippen LogP contribution is -2.15. The van der Waals surface area contributed by atoms with Gasteiger partial charge in [0.1, 0.15) is 22.7 Å². The van der Waals surface area contributed by atoms with Crippen LogP contribution >= 0.6 is 0 Å². The predicted molar refractivity (Wildman–Crippen MR) is 118 cm³/mol. The van der Waals surface area contributed by atoms with E-state index in [2.05, 4.69) is 10.3 Å². The van der Waals surface area contributed by atoms with Gasteiger partial charge < -0.3 is 15.5 Å². The number of halogens is 2. The summed E-state index contributed by atoms with van der Waals surface area (Å²) in [6.07, 6.45) is 1.84. The highest BCUT2D eigenvalue weighted by Crippen LogP contribution is 2.34. The fourth-order valence-electron chi connectivity index (χ4n) is 3.50. The molecule has 4 aromatic rings. The Kier molecular flexibility index (Phi) is 5.99. The lowest BCUT2D eigenvalue weighted by molar-refractivity contribution is -0.115. The van der Waals surface area contributed by atoms with Crippen LogP contribution in [0.1, 0.15) is 27.0 Å². The van der Waals surface area contributed by atoms with E-state index in [4.69, 9.17) is 0 Å². The molecule has 1 heterocycles. The lowest BCUT2D eigenvalue weighted by Gasteiger charge is -2.13. The van der Waals surface area contributed by atoms with Crippen LogP contribution in [0, 0.1) is 11.6 Å². The first kappa shape index (κ1) is 21.9. The van der Waals surface area contributed by atoms with Gasteiger partial charge in [0, 0.05) is 11.6 Å². The Bertz CT molecular complexity index is 1350. The molecule has 0 saturated heterocycles. The molecule has 8 heteroatoms. The number of aromatic hydroxyl groups is 1. The van der Waals surface area contributed by atoms with Crippen LogP contribution in [0.3, 0.4) is 0 Å². The molecule has 0 aliphatic carbocycles. The number of benzene rings is 3. The Morgan fingerprint density at radius 1 is 0.879 bits per heavy atom. The van der Waals surface area contributed by atoms with Gasteiger partial charge in [-0.15, -0.1) is 0 Å². The molecule has 3 aromatic carbocycles. The third-order valence-corrected chi connectivity index (χ3v) is 5.11. The molecule has 0 aliphatic heterocycles. The molecule has 1 amide bonds. The largest absolute Gasteiger partial charge is 0.505 e. The number of carbonyl (C=O) groups is 2. The molecule has 3 N–H and O–H groups in total. The highest BCUT2D eigenvalue weighted by atomic mass is 19.1. The topological polar surface area (TPSA) is 99.5 Å². The van der Waals surface area contributed by atoms with Gasteiger partial charge in [-0.1, -0.05) is 24.3 Å². The Hall–Kier alpha value is -4.33. The van der Waals surface area contributed by atoms with Crippen LogP contribution < -0.4 is 5.32 Å². The van der Waals surface area contributed by atoms with Crippen LogP contribution in [0.15, 0.2) is 66.9 Å². The molecule has 0 unspecified atom stereocenters. The van der Waals surface area contributed by atoms with E-state index < -0.39 is 29.0 Å². The second-order valence-corrected chi connectivity index (χ2v) is 7.52. The summed E-state index contributed by atoms with van der Waals surface area (Å²) in [7, 11) is 0. The number of hydrogen-bond acceptors (Lipinski definition) is 4. The van der Waals surface area contributed by atoms with Crippen molar-refractivity contribution in [2.75, 3.05) is 5.32 Å². The standard InChI is InChI=1S/C25H18F2N2O4/c26-17-5-1-14(2-6-17)9-16-10-19-21(12-20(25(32)33)24(31)23(19)28-13-16)29-22(30)11-15-3-7-18(27)8-4-15/h1-8,10,12-13,31H,9,11H2,(H,29,30)(H,32,33). The first-order chi connectivity index (χ1) is 15.8. The number of nitrogens with zero attached hydrogens (tertiary/aromatic N) is 1. The number of anilines is 1. The Labute approximate surface area is 187 Å². The maximum absolute atomic E-state index is 13.2. The Balaban J connectivity index is 1.70. The van der Waals surface area contributed by atoms with Crippen LogP contribution in [0.25, 0.3) is 10.9 Å². The normalized spacial score (nSPS) is 10.8. The van der Waals surface area contributed by atoms with Crippen molar-refractivity contribution in [3.63, 3.8) is 0 Å². The molecule has 166 valence electrons. The molecule has 0 spiro atoms. The number of aromatic nitrogens is 1. The van der Waals surface area contributed by atoms with E-state index in [1.807, 2.05) is 0 Å². The smallest absolute Gasteiger partial charge is 0.339 e. The van der Waals surface area contributed by atoms with Gasteiger partial charge in [0.2, 0.25) is 5.91 Å². The van der Waals surface area contributed by atoms with Gasteiger partial charge in [-0.05, 0) is 59.5 Å². The minimum atomic E-state index is -1.37. The molecule has 0 fully saturated rings. The molecule has 0 radical (unpaired) electrons. The van der Waals surface area contributed by atoms with Gasteiger partial charge >= 0.3 is 5.97 Å². The van der Waals surface area contributed by atoms with E-state index in [9.17, 15) is 28.6 Å². The summed E-state index contributed by atoms with van der Waals surface area (Å²) in [6.45, 7) is 0. The average molecular weight is 448 g/mol. The Morgan fingerprint density at radius 3 is 2.09 bits per heavy atom. The molecule has 0 atom stereocenters. The molecule has 6 nitrogen and oxygen atoms in total. The molecule has 4 rings (SSSR count). The second-order valence-electron chi connectivity index (χ2n) is 7.52. The summed E-state index contributed by atoms with van der Waals surface area (Å²) in [5.74, 6) is -3.11. The third-order valence-electron chi connectivity index (χ3n) is 5.11. The van der Waals surface area contributed by atoms with Gasteiger partial charge in [-0.3, -0.25) is 9.78 Å². The summed E-state index contributed by atoms with van der Waals surface area (Å²) in [4.78, 5) is 28.4. The zero-order chi connectivity index (χ0) is 23.5.